The number of piperazine rings is 1. The van der Waals surface area contributed by atoms with Crippen LogP contribution >= 0.6 is 0 Å². The zero-order valence-corrected chi connectivity index (χ0v) is 10.9. The van der Waals surface area contributed by atoms with Crippen LogP contribution in [0.2, 0.25) is 0 Å². The van der Waals surface area contributed by atoms with Crippen molar-refractivity contribution in [1.29, 1.82) is 0 Å². The van der Waals surface area contributed by atoms with Gasteiger partial charge in [0.25, 0.3) is 0 Å². The normalized spacial score (nSPS) is 20.9. The molecule has 1 atom stereocenters. The smallest absolute Gasteiger partial charge is 0.226 e. The summed E-state index contributed by atoms with van der Waals surface area (Å²) >= 11 is 0. The fraction of sp³-hybridized carbons (Fsp3) is 0.667. The summed E-state index contributed by atoms with van der Waals surface area (Å²) in [5.41, 5.74) is 0. The summed E-state index contributed by atoms with van der Waals surface area (Å²) in [5.74, 6) is 1.17. The van der Waals surface area contributed by atoms with Gasteiger partial charge in [-0.3, -0.25) is 9.69 Å². The first-order chi connectivity index (χ1) is 8.65. The third kappa shape index (κ3) is 3.54. The molecule has 0 spiro atoms. The molecule has 1 aliphatic rings. The molecule has 2 heterocycles. The monoisotopic (exact) mass is 252 g/mol. The Morgan fingerprint density at radius 2 is 2.56 bits per heavy atom. The molecule has 1 saturated heterocycles. The number of nitrogens with one attached hydrogen (secondary N) is 2. The van der Waals surface area contributed by atoms with Gasteiger partial charge in [-0.25, -0.2) is 0 Å². The quantitative estimate of drug-likeness (QED) is 0.821. The van der Waals surface area contributed by atoms with Gasteiger partial charge < -0.3 is 15.2 Å². The molecule has 0 saturated carbocycles. The molecule has 2 N–H and O–H groups in total. The van der Waals surface area contributed by atoms with Crippen LogP contribution in [0.1, 0.15) is 19.1 Å². The molecule has 1 amide bonds. The topological polar surface area (TPSA) is 70.4 Å². The molecule has 1 aliphatic heterocycles. The van der Waals surface area contributed by atoms with Crippen molar-refractivity contribution in [2.75, 3.05) is 31.5 Å². The van der Waals surface area contributed by atoms with E-state index in [9.17, 15) is 4.79 Å². The molecular weight excluding hydrogens is 232 g/mol. The van der Waals surface area contributed by atoms with Gasteiger partial charge in [-0.1, -0.05) is 5.16 Å². The van der Waals surface area contributed by atoms with Gasteiger partial charge in [-0.05, 0) is 13.8 Å². The molecule has 0 bridgehead atoms. The Labute approximate surface area is 107 Å². The molecule has 0 aliphatic carbocycles. The number of anilines is 1. The van der Waals surface area contributed by atoms with Crippen LogP contribution in [0.5, 0.6) is 0 Å². The van der Waals surface area contributed by atoms with Crippen LogP contribution in [-0.4, -0.2) is 48.2 Å². The van der Waals surface area contributed by atoms with E-state index in [0.29, 0.717) is 24.0 Å². The number of aromatic nitrogens is 1. The second-order valence-corrected chi connectivity index (χ2v) is 4.71. The standard InChI is InChI=1S/C12H20N4O2/c1-9-8-13-4-6-16(9)5-3-12(17)14-11-7-10(2)18-15-11/h7,9,13H,3-6,8H2,1-2H3,(H,14,15,17)/t9-/m1/s1. The molecule has 6 heteroatoms. The number of hydrogen-bond donors (Lipinski definition) is 2. The van der Waals surface area contributed by atoms with Gasteiger partial charge in [0.15, 0.2) is 5.82 Å². The molecule has 2 rings (SSSR count). The predicted molar refractivity (Wildman–Crippen MR) is 68.4 cm³/mol. The van der Waals surface area contributed by atoms with Gasteiger partial charge in [0, 0.05) is 44.7 Å². The van der Waals surface area contributed by atoms with Gasteiger partial charge in [0.05, 0.1) is 0 Å². The third-order valence-corrected chi connectivity index (χ3v) is 3.16. The number of nitrogens with zero attached hydrogens (tertiary/aromatic N) is 2. The first-order valence-electron chi connectivity index (χ1n) is 6.33. The van der Waals surface area contributed by atoms with Gasteiger partial charge in [-0.2, -0.15) is 0 Å². The van der Waals surface area contributed by atoms with Crippen molar-refractivity contribution in [2.45, 2.75) is 26.3 Å². The Morgan fingerprint density at radius 1 is 1.72 bits per heavy atom. The minimum absolute atomic E-state index is 0.0194. The second kappa shape index (κ2) is 5.97. The second-order valence-electron chi connectivity index (χ2n) is 4.71. The zero-order chi connectivity index (χ0) is 13.0. The summed E-state index contributed by atoms with van der Waals surface area (Å²) in [6, 6.07) is 2.20. The lowest BCUT2D eigenvalue weighted by Gasteiger charge is -2.33. The molecule has 1 fully saturated rings. The molecular formula is C12H20N4O2. The minimum Gasteiger partial charge on any atom is -0.360 e. The first-order valence-corrected chi connectivity index (χ1v) is 6.33. The average molecular weight is 252 g/mol. The maximum Gasteiger partial charge on any atom is 0.226 e. The van der Waals surface area contributed by atoms with Crippen molar-refractivity contribution in [3.63, 3.8) is 0 Å². The molecule has 1 aromatic rings. The van der Waals surface area contributed by atoms with E-state index in [1.54, 1.807) is 13.0 Å². The average Bonchev–Trinajstić information content (AvgIpc) is 2.74. The largest absolute Gasteiger partial charge is 0.360 e. The zero-order valence-electron chi connectivity index (χ0n) is 10.9. The van der Waals surface area contributed by atoms with Crippen LogP contribution < -0.4 is 10.6 Å². The van der Waals surface area contributed by atoms with E-state index in [1.165, 1.54) is 0 Å². The summed E-state index contributed by atoms with van der Waals surface area (Å²) in [6.07, 6.45) is 0.482. The van der Waals surface area contributed by atoms with Crippen molar-refractivity contribution in [3.05, 3.63) is 11.8 Å². The van der Waals surface area contributed by atoms with Gasteiger partial charge >= 0.3 is 0 Å². The highest BCUT2D eigenvalue weighted by molar-refractivity contribution is 5.89. The van der Waals surface area contributed by atoms with Crippen LogP contribution in [0, 0.1) is 6.92 Å². The lowest BCUT2D eigenvalue weighted by Crippen LogP contribution is -2.50. The molecule has 0 aromatic carbocycles. The Hall–Kier alpha value is -1.40. The summed E-state index contributed by atoms with van der Waals surface area (Å²) in [4.78, 5) is 14.1. The van der Waals surface area contributed by atoms with Crippen LogP contribution in [0.15, 0.2) is 10.6 Å². The van der Waals surface area contributed by atoms with E-state index in [1.807, 2.05) is 0 Å². The first kappa shape index (κ1) is 13.0. The number of carbonyl (C=O) groups is 1. The summed E-state index contributed by atoms with van der Waals surface area (Å²) in [7, 11) is 0. The fourth-order valence-electron chi connectivity index (χ4n) is 2.09. The lowest BCUT2D eigenvalue weighted by atomic mass is 10.2. The van der Waals surface area contributed by atoms with Gasteiger partial charge in [-0.15, -0.1) is 0 Å². The SMILES string of the molecule is Cc1cc(NC(=O)CCN2CCNC[C@H]2C)no1. The van der Waals surface area contributed by atoms with Crippen LogP contribution in [0.25, 0.3) is 0 Å². The van der Waals surface area contributed by atoms with E-state index in [4.69, 9.17) is 4.52 Å². The van der Waals surface area contributed by atoms with E-state index < -0.39 is 0 Å². The lowest BCUT2D eigenvalue weighted by molar-refractivity contribution is -0.116. The Bertz CT molecular complexity index is 405. The molecule has 0 radical (unpaired) electrons. The summed E-state index contributed by atoms with van der Waals surface area (Å²) in [6.45, 7) is 7.73. The van der Waals surface area contributed by atoms with Crippen molar-refractivity contribution in [3.8, 4) is 0 Å². The highest BCUT2D eigenvalue weighted by Crippen LogP contribution is 2.08. The Morgan fingerprint density at radius 3 is 3.22 bits per heavy atom. The maximum absolute atomic E-state index is 11.7. The molecule has 1 aromatic heterocycles. The van der Waals surface area contributed by atoms with Crippen LogP contribution in [0.4, 0.5) is 5.82 Å². The highest BCUT2D eigenvalue weighted by atomic mass is 16.5. The van der Waals surface area contributed by atoms with E-state index >= 15 is 0 Å². The van der Waals surface area contributed by atoms with Crippen molar-refractivity contribution < 1.29 is 9.32 Å². The molecule has 6 nitrogen and oxygen atoms in total. The fourth-order valence-corrected chi connectivity index (χ4v) is 2.09. The van der Waals surface area contributed by atoms with E-state index in [-0.39, 0.29) is 5.91 Å². The number of rotatable bonds is 4. The van der Waals surface area contributed by atoms with Crippen LogP contribution in [0.3, 0.4) is 0 Å². The molecule has 100 valence electrons. The van der Waals surface area contributed by atoms with Crippen molar-refractivity contribution >= 4 is 11.7 Å². The number of amides is 1. The van der Waals surface area contributed by atoms with Crippen LogP contribution in [-0.2, 0) is 4.79 Å². The maximum atomic E-state index is 11.7. The van der Waals surface area contributed by atoms with Gasteiger partial charge in [0.2, 0.25) is 5.91 Å². The number of aryl methyl sites for hydroxylation is 1. The van der Waals surface area contributed by atoms with Crippen molar-refractivity contribution in [2.24, 2.45) is 0 Å². The Kier molecular flexibility index (Phi) is 4.33. The minimum atomic E-state index is -0.0194. The predicted octanol–water partition coefficient (Wildman–Crippen LogP) is 0.605. The number of hydrogen-bond acceptors (Lipinski definition) is 5. The summed E-state index contributed by atoms with van der Waals surface area (Å²) in [5, 5.41) is 9.80. The third-order valence-electron chi connectivity index (χ3n) is 3.16. The Balaban J connectivity index is 1.74. The summed E-state index contributed by atoms with van der Waals surface area (Å²) < 4.78 is 4.89. The van der Waals surface area contributed by atoms with E-state index in [2.05, 4.69) is 27.6 Å². The van der Waals surface area contributed by atoms with E-state index in [0.717, 1.165) is 26.2 Å². The molecule has 18 heavy (non-hydrogen) atoms. The molecule has 0 unspecified atom stereocenters. The van der Waals surface area contributed by atoms with Crippen molar-refractivity contribution in [1.82, 2.24) is 15.4 Å². The van der Waals surface area contributed by atoms with Gasteiger partial charge in [0.1, 0.15) is 5.76 Å². The highest BCUT2D eigenvalue weighted by Gasteiger charge is 2.18. The number of carbonyl (C=O) groups excluding carboxylic acids is 1.